The Morgan fingerprint density at radius 1 is 0.956 bits per heavy atom. The van der Waals surface area contributed by atoms with Crippen LogP contribution in [0.25, 0.3) is 11.0 Å². The Bertz CT molecular complexity index is 1790. The molecule has 4 heterocycles. The van der Waals surface area contributed by atoms with E-state index in [9.17, 15) is 4.57 Å². The van der Waals surface area contributed by atoms with Crippen LogP contribution in [0.4, 0.5) is 28.8 Å². The van der Waals surface area contributed by atoms with Gasteiger partial charge < -0.3 is 29.7 Å². The van der Waals surface area contributed by atoms with Gasteiger partial charge >= 0.3 is 0 Å². The van der Waals surface area contributed by atoms with Crippen molar-refractivity contribution in [2.24, 2.45) is 11.8 Å². The van der Waals surface area contributed by atoms with Gasteiger partial charge in [0.2, 0.25) is 5.95 Å². The first-order valence-electron chi connectivity index (χ1n) is 16.1. The van der Waals surface area contributed by atoms with Crippen LogP contribution in [-0.4, -0.2) is 78.5 Å². The fraction of sp³-hybridized carbons (Fsp3) is 0.471. The summed E-state index contributed by atoms with van der Waals surface area (Å²) < 4.78 is 19.5. The predicted octanol–water partition coefficient (Wildman–Crippen LogP) is 5.60. The first kappa shape index (κ1) is 29.9. The average molecular weight is 627 g/mol. The number of hydrogen-bond donors (Lipinski definition) is 2. The number of nitrogens with zero attached hydrogens (tertiary/aromatic N) is 6. The maximum atomic E-state index is 13.6. The highest BCUT2D eigenvalue weighted by molar-refractivity contribution is 7.71. The van der Waals surface area contributed by atoms with E-state index in [2.05, 4.69) is 56.5 Å². The fourth-order valence-corrected chi connectivity index (χ4v) is 8.94. The van der Waals surface area contributed by atoms with Gasteiger partial charge in [-0.15, -0.1) is 0 Å². The van der Waals surface area contributed by atoms with Gasteiger partial charge in [-0.1, -0.05) is 6.92 Å². The molecule has 2 atom stereocenters. The average Bonchev–Trinajstić information content (AvgIpc) is 3.57. The first-order chi connectivity index (χ1) is 21.7. The summed E-state index contributed by atoms with van der Waals surface area (Å²) in [5, 5.41) is 7.78. The van der Waals surface area contributed by atoms with Crippen molar-refractivity contribution in [3.05, 3.63) is 53.5 Å². The van der Waals surface area contributed by atoms with E-state index >= 15 is 0 Å². The van der Waals surface area contributed by atoms with Gasteiger partial charge in [0.25, 0.3) is 0 Å². The molecular weight excluding hydrogens is 583 g/mol. The zero-order valence-electron chi connectivity index (χ0n) is 26.9. The summed E-state index contributed by atoms with van der Waals surface area (Å²) >= 11 is 0. The SMILES string of the molecule is CCc1cc(Nc2nc3c(c(Nc4ccc5nccnc5c4P(C)(C)=O)n2)CCCC3)c(OC)cc1N1C[C@H]2CN(C)C[C@H]2C1. The summed E-state index contributed by atoms with van der Waals surface area (Å²) in [6.07, 6.45) is 8.18. The zero-order valence-corrected chi connectivity index (χ0v) is 27.8. The molecule has 11 heteroatoms. The molecule has 236 valence electrons. The van der Waals surface area contributed by atoms with E-state index < -0.39 is 7.14 Å². The Kier molecular flexibility index (Phi) is 7.90. The molecule has 0 amide bonds. The highest BCUT2D eigenvalue weighted by Gasteiger charge is 2.39. The van der Waals surface area contributed by atoms with Crippen molar-refractivity contribution >= 4 is 52.3 Å². The van der Waals surface area contributed by atoms with Gasteiger partial charge in [0.1, 0.15) is 24.2 Å². The second-order valence-corrected chi connectivity index (χ2v) is 16.3. The first-order valence-corrected chi connectivity index (χ1v) is 18.7. The molecule has 3 aliphatic rings. The topological polar surface area (TPSA) is 108 Å². The molecule has 2 aromatic carbocycles. The molecule has 2 saturated heterocycles. The molecular formula is C34H43N8O2P. The molecule has 4 aromatic rings. The van der Waals surface area contributed by atoms with Crippen molar-refractivity contribution in [2.75, 3.05) is 69.2 Å². The molecule has 45 heavy (non-hydrogen) atoms. The van der Waals surface area contributed by atoms with Crippen LogP contribution in [-0.2, 0) is 23.8 Å². The maximum Gasteiger partial charge on any atom is 0.229 e. The quantitative estimate of drug-likeness (QED) is 0.240. The van der Waals surface area contributed by atoms with Crippen LogP contribution >= 0.6 is 7.14 Å². The molecule has 0 radical (unpaired) electrons. The summed E-state index contributed by atoms with van der Waals surface area (Å²) in [5.74, 6) is 3.48. The minimum atomic E-state index is -2.72. The molecule has 10 nitrogen and oxygen atoms in total. The van der Waals surface area contributed by atoms with E-state index in [0.717, 1.165) is 96.7 Å². The van der Waals surface area contributed by atoms with E-state index in [0.29, 0.717) is 16.8 Å². The number of anilines is 5. The van der Waals surface area contributed by atoms with E-state index in [1.165, 1.54) is 24.3 Å². The second kappa shape index (κ2) is 11.9. The minimum Gasteiger partial charge on any atom is -0.494 e. The normalized spacial score (nSPS) is 19.9. The zero-order chi connectivity index (χ0) is 31.3. The third-order valence-electron chi connectivity index (χ3n) is 9.63. The maximum absolute atomic E-state index is 13.6. The van der Waals surface area contributed by atoms with E-state index in [1.807, 2.05) is 12.1 Å². The van der Waals surface area contributed by atoms with Crippen molar-refractivity contribution in [2.45, 2.75) is 39.0 Å². The molecule has 2 aromatic heterocycles. The summed E-state index contributed by atoms with van der Waals surface area (Å²) in [7, 11) is 1.23. The summed E-state index contributed by atoms with van der Waals surface area (Å²) in [6, 6.07) is 8.25. The largest absolute Gasteiger partial charge is 0.494 e. The number of aromatic nitrogens is 4. The lowest BCUT2D eigenvalue weighted by molar-refractivity contribution is 0.387. The number of methoxy groups -OCH3 is 1. The van der Waals surface area contributed by atoms with E-state index in [1.54, 1.807) is 32.8 Å². The van der Waals surface area contributed by atoms with Crippen molar-refractivity contribution in [3.8, 4) is 5.75 Å². The molecule has 0 spiro atoms. The van der Waals surface area contributed by atoms with Gasteiger partial charge in [0.15, 0.2) is 0 Å². The number of hydrogen-bond acceptors (Lipinski definition) is 10. The van der Waals surface area contributed by atoms with Crippen molar-refractivity contribution in [1.29, 1.82) is 0 Å². The Morgan fingerprint density at radius 2 is 1.71 bits per heavy atom. The monoisotopic (exact) mass is 626 g/mol. The van der Waals surface area contributed by atoms with Crippen molar-refractivity contribution < 1.29 is 9.30 Å². The summed E-state index contributed by atoms with van der Waals surface area (Å²) in [5.41, 5.74) is 7.68. The number of nitrogens with one attached hydrogen (secondary N) is 2. The standard InChI is InChI=1S/C34H43N8O2P/c1-6-21-15-28(30(44-3)16-29(21)42-19-22-17-41(2)18-23(22)20-42)39-34-38-25-10-8-7-9-24(25)33(40-34)37-27-12-11-26-31(36-14-13-35-26)32(27)45(4,5)43/h11-16,22-23H,6-10,17-20H2,1-5H3,(H2,37,38,39,40)/t22-,23+. The molecule has 0 saturated carbocycles. The third kappa shape index (κ3) is 5.74. The van der Waals surface area contributed by atoms with Crippen LogP contribution in [0.1, 0.15) is 36.6 Å². The molecule has 2 aliphatic heterocycles. The second-order valence-electron chi connectivity index (χ2n) is 13.2. The smallest absolute Gasteiger partial charge is 0.229 e. The number of fused-ring (bicyclic) bond motifs is 3. The van der Waals surface area contributed by atoms with Gasteiger partial charge in [-0.3, -0.25) is 9.97 Å². The fourth-order valence-electron chi connectivity index (χ4n) is 7.55. The molecule has 0 unspecified atom stereocenters. The van der Waals surface area contributed by atoms with Crippen LogP contribution in [0, 0.1) is 11.8 Å². The number of rotatable bonds is 8. The minimum absolute atomic E-state index is 0.517. The highest BCUT2D eigenvalue weighted by atomic mass is 31.2. The predicted molar refractivity (Wildman–Crippen MR) is 183 cm³/mol. The van der Waals surface area contributed by atoms with Crippen molar-refractivity contribution in [3.63, 3.8) is 0 Å². The summed E-state index contributed by atoms with van der Waals surface area (Å²) in [4.78, 5) is 24.0. The molecule has 0 bridgehead atoms. The van der Waals surface area contributed by atoms with E-state index in [-0.39, 0.29) is 0 Å². The lowest BCUT2D eigenvalue weighted by Crippen LogP contribution is -2.27. The van der Waals surface area contributed by atoms with Crippen molar-refractivity contribution in [1.82, 2.24) is 24.8 Å². The van der Waals surface area contributed by atoms with E-state index in [4.69, 9.17) is 14.7 Å². The Morgan fingerprint density at radius 3 is 2.44 bits per heavy atom. The molecule has 2 fully saturated rings. The third-order valence-corrected chi connectivity index (χ3v) is 11.2. The lowest BCUT2D eigenvalue weighted by Gasteiger charge is -2.26. The molecule has 7 rings (SSSR count). The van der Waals surface area contributed by atoms with Crippen LogP contribution in [0.15, 0.2) is 36.7 Å². The van der Waals surface area contributed by atoms with Gasteiger partial charge in [0, 0.05) is 55.9 Å². The Balaban J connectivity index is 1.24. The number of likely N-dealkylation sites (tertiary alicyclic amines) is 1. The summed E-state index contributed by atoms with van der Waals surface area (Å²) in [6.45, 7) is 10.3. The Labute approximate surface area is 265 Å². The highest BCUT2D eigenvalue weighted by Crippen LogP contribution is 2.43. The number of ether oxygens (including phenoxy) is 1. The van der Waals surface area contributed by atoms with Crippen LogP contribution in [0.2, 0.25) is 0 Å². The van der Waals surface area contributed by atoms with Gasteiger partial charge in [-0.25, -0.2) is 4.98 Å². The van der Waals surface area contributed by atoms with Gasteiger partial charge in [-0.2, -0.15) is 4.98 Å². The molecule has 2 N–H and O–H groups in total. The van der Waals surface area contributed by atoms with Crippen LogP contribution in [0.3, 0.4) is 0 Å². The van der Waals surface area contributed by atoms with Crippen LogP contribution < -0.4 is 25.6 Å². The van der Waals surface area contributed by atoms with Crippen LogP contribution in [0.5, 0.6) is 5.75 Å². The lowest BCUT2D eigenvalue weighted by atomic mass is 9.96. The number of benzene rings is 2. The van der Waals surface area contributed by atoms with Gasteiger partial charge in [-0.05, 0) is 88.1 Å². The van der Waals surface area contributed by atoms with Gasteiger partial charge in [0.05, 0.1) is 35.0 Å². The molecule has 1 aliphatic carbocycles. The Hall–Kier alpha value is -3.75. The number of aryl methyl sites for hydroxylation is 2.